The van der Waals surface area contributed by atoms with Gasteiger partial charge in [0.15, 0.2) is 0 Å². The van der Waals surface area contributed by atoms with Gasteiger partial charge in [0, 0.05) is 18.5 Å². The number of benzene rings is 1. The molecule has 5 nitrogen and oxygen atoms in total. The summed E-state index contributed by atoms with van der Waals surface area (Å²) in [5.74, 6) is -0.724. The van der Waals surface area contributed by atoms with Crippen LogP contribution >= 0.6 is 0 Å². The highest BCUT2D eigenvalue weighted by molar-refractivity contribution is 6.05. The third kappa shape index (κ3) is 2.54. The third-order valence-corrected chi connectivity index (χ3v) is 5.19. The highest BCUT2D eigenvalue weighted by atomic mass is 16.2. The quantitative estimate of drug-likeness (QED) is 0.850. The maximum atomic E-state index is 12.7. The van der Waals surface area contributed by atoms with Gasteiger partial charge in [0.2, 0.25) is 11.8 Å². The molecule has 0 bridgehead atoms. The molecule has 1 aromatic carbocycles. The van der Waals surface area contributed by atoms with Crippen molar-refractivity contribution in [3.63, 3.8) is 0 Å². The summed E-state index contributed by atoms with van der Waals surface area (Å²) in [7, 11) is 0. The Kier molecular flexibility index (Phi) is 3.71. The molecule has 24 heavy (non-hydrogen) atoms. The van der Waals surface area contributed by atoms with Gasteiger partial charge in [-0.1, -0.05) is 12.1 Å². The summed E-state index contributed by atoms with van der Waals surface area (Å²) in [6, 6.07) is 5.45. The van der Waals surface area contributed by atoms with Crippen molar-refractivity contribution in [2.24, 2.45) is 0 Å². The van der Waals surface area contributed by atoms with E-state index in [-0.39, 0.29) is 24.1 Å². The van der Waals surface area contributed by atoms with Gasteiger partial charge in [-0.3, -0.25) is 19.7 Å². The first-order chi connectivity index (χ1) is 11.6. The second-order valence-electron chi connectivity index (χ2n) is 6.75. The van der Waals surface area contributed by atoms with Crippen LogP contribution in [0.25, 0.3) is 5.57 Å². The molecule has 0 saturated carbocycles. The summed E-state index contributed by atoms with van der Waals surface area (Å²) >= 11 is 0. The minimum Gasteiger partial charge on any atom is -0.322 e. The van der Waals surface area contributed by atoms with E-state index in [2.05, 4.69) is 17.5 Å². The van der Waals surface area contributed by atoms with Gasteiger partial charge in [-0.25, -0.2) is 0 Å². The summed E-state index contributed by atoms with van der Waals surface area (Å²) in [4.78, 5) is 37.6. The maximum absolute atomic E-state index is 12.7. The highest BCUT2D eigenvalue weighted by Crippen LogP contribution is 2.32. The van der Waals surface area contributed by atoms with Gasteiger partial charge in [0.25, 0.3) is 5.91 Å². The monoisotopic (exact) mass is 324 g/mol. The van der Waals surface area contributed by atoms with Crippen molar-refractivity contribution in [3.8, 4) is 0 Å². The Balaban J connectivity index is 1.59. The number of hydrogen-bond donors (Lipinski definition) is 1. The smallest absolute Gasteiger partial charge is 0.255 e. The van der Waals surface area contributed by atoms with Gasteiger partial charge < -0.3 is 4.90 Å². The molecule has 1 aromatic rings. The zero-order valence-corrected chi connectivity index (χ0v) is 13.5. The Morgan fingerprint density at radius 3 is 2.71 bits per heavy atom. The molecule has 0 radical (unpaired) electrons. The molecule has 0 spiro atoms. The van der Waals surface area contributed by atoms with Crippen molar-refractivity contribution in [3.05, 3.63) is 41.0 Å². The number of nitrogens with one attached hydrogen (secondary N) is 1. The molecule has 1 atom stereocenters. The van der Waals surface area contributed by atoms with Gasteiger partial charge in [-0.15, -0.1) is 0 Å². The largest absolute Gasteiger partial charge is 0.322 e. The second-order valence-corrected chi connectivity index (χ2v) is 6.75. The van der Waals surface area contributed by atoms with Crippen LogP contribution in [0.15, 0.2) is 24.3 Å². The van der Waals surface area contributed by atoms with Gasteiger partial charge in [-0.05, 0) is 60.9 Å². The minimum absolute atomic E-state index is 0.108. The molecule has 1 aliphatic carbocycles. The third-order valence-electron chi connectivity index (χ3n) is 5.19. The van der Waals surface area contributed by atoms with Crippen LogP contribution in [0.3, 0.4) is 0 Å². The van der Waals surface area contributed by atoms with E-state index in [9.17, 15) is 14.4 Å². The normalized spacial score (nSPS) is 23.8. The minimum atomic E-state index is -0.542. The van der Waals surface area contributed by atoms with Crippen molar-refractivity contribution >= 4 is 23.3 Å². The van der Waals surface area contributed by atoms with Gasteiger partial charge >= 0.3 is 0 Å². The van der Waals surface area contributed by atoms with Crippen LogP contribution in [0.1, 0.15) is 60.0 Å². The fourth-order valence-electron chi connectivity index (χ4n) is 3.87. The fraction of sp³-hybridized carbons (Fsp3) is 0.421. The topological polar surface area (TPSA) is 66.5 Å². The zero-order valence-electron chi connectivity index (χ0n) is 13.5. The molecule has 1 fully saturated rings. The van der Waals surface area contributed by atoms with Crippen LogP contribution < -0.4 is 5.32 Å². The molecule has 5 heteroatoms. The maximum Gasteiger partial charge on any atom is 0.255 e. The molecule has 1 N–H and O–H groups in total. The van der Waals surface area contributed by atoms with Crippen molar-refractivity contribution in [2.75, 3.05) is 0 Å². The average molecular weight is 324 g/mol. The van der Waals surface area contributed by atoms with E-state index in [1.54, 1.807) is 4.90 Å². The Bertz CT molecular complexity index is 766. The zero-order chi connectivity index (χ0) is 16.7. The Morgan fingerprint density at radius 1 is 1.08 bits per heavy atom. The van der Waals surface area contributed by atoms with Crippen molar-refractivity contribution in [2.45, 2.75) is 51.1 Å². The van der Waals surface area contributed by atoms with E-state index in [0.29, 0.717) is 18.5 Å². The number of rotatable bonds is 2. The lowest BCUT2D eigenvalue weighted by atomic mass is 9.92. The molecule has 3 amide bonds. The van der Waals surface area contributed by atoms with E-state index in [1.165, 1.54) is 24.0 Å². The number of carbonyl (C=O) groups is 3. The van der Waals surface area contributed by atoms with Crippen LogP contribution in [0, 0.1) is 0 Å². The summed E-state index contributed by atoms with van der Waals surface area (Å²) in [6.07, 6.45) is 7.65. The number of carbonyl (C=O) groups excluding carboxylic acids is 3. The first-order valence-electron chi connectivity index (χ1n) is 8.60. The molecular weight excluding hydrogens is 304 g/mol. The van der Waals surface area contributed by atoms with E-state index < -0.39 is 6.04 Å². The van der Waals surface area contributed by atoms with Gasteiger partial charge in [0.1, 0.15) is 6.04 Å². The Hall–Kier alpha value is -2.43. The van der Waals surface area contributed by atoms with Gasteiger partial charge in [-0.2, -0.15) is 0 Å². The van der Waals surface area contributed by atoms with Crippen LogP contribution in [-0.2, 0) is 16.1 Å². The fourth-order valence-corrected chi connectivity index (χ4v) is 3.87. The molecule has 3 aliphatic rings. The molecule has 4 rings (SSSR count). The average Bonchev–Trinajstić information content (AvgIpc) is 2.92. The number of hydrogen-bond acceptors (Lipinski definition) is 3. The predicted octanol–water partition coefficient (Wildman–Crippen LogP) is 2.41. The summed E-state index contributed by atoms with van der Waals surface area (Å²) in [5.41, 5.74) is 4.20. The first-order valence-corrected chi connectivity index (χ1v) is 8.60. The van der Waals surface area contributed by atoms with Crippen molar-refractivity contribution < 1.29 is 14.4 Å². The molecule has 1 unspecified atom stereocenters. The van der Waals surface area contributed by atoms with Crippen LogP contribution in [0.2, 0.25) is 0 Å². The number of amides is 3. The van der Waals surface area contributed by atoms with E-state index >= 15 is 0 Å². The standard InChI is InChI=1S/C19H20N2O3/c22-17-9-8-16(18(23)20-17)21-11-14-10-13(6-7-15(14)19(21)24)12-4-2-1-3-5-12/h4,6-7,10,16H,1-3,5,8-9,11H2,(H,20,22,23). The number of piperidine rings is 1. The van der Waals surface area contributed by atoms with Crippen LogP contribution in [0.5, 0.6) is 0 Å². The lowest BCUT2D eigenvalue weighted by Gasteiger charge is -2.29. The summed E-state index contributed by atoms with van der Waals surface area (Å²) in [5, 5.41) is 2.34. The van der Waals surface area contributed by atoms with E-state index in [1.807, 2.05) is 12.1 Å². The predicted molar refractivity (Wildman–Crippen MR) is 88.9 cm³/mol. The number of fused-ring (bicyclic) bond motifs is 1. The molecule has 2 aliphatic heterocycles. The summed E-state index contributed by atoms with van der Waals surface area (Å²) < 4.78 is 0. The van der Waals surface area contributed by atoms with E-state index in [0.717, 1.165) is 18.4 Å². The second kappa shape index (κ2) is 5.89. The lowest BCUT2D eigenvalue weighted by molar-refractivity contribution is -0.136. The van der Waals surface area contributed by atoms with Crippen molar-refractivity contribution in [1.29, 1.82) is 0 Å². The lowest BCUT2D eigenvalue weighted by Crippen LogP contribution is -2.52. The van der Waals surface area contributed by atoms with Crippen LogP contribution in [0.4, 0.5) is 0 Å². The first kappa shape index (κ1) is 15.1. The molecule has 0 aromatic heterocycles. The molecular formula is C19H20N2O3. The van der Waals surface area contributed by atoms with Crippen LogP contribution in [-0.4, -0.2) is 28.7 Å². The van der Waals surface area contributed by atoms with E-state index in [4.69, 9.17) is 0 Å². The van der Waals surface area contributed by atoms with Crippen molar-refractivity contribution in [1.82, 2.24) is 10.2 Å². The Labute approximate surface area is 140 Å². The number of allylic oxidation sites excluding steroid dienone is 2. The summed E-state index contributed by atoms with van der Waals surface area (Å²) in [6.45, 7) is 0.446. The molecule has 2 heterocycles. The number of imide groups is 1. The SMILES string of the molecule is O=C1CCC(N2Cc3cc(C4=CCCCC4)ccc3C2=O)C(=O)N1. The highest BCUT2D eigenvalue weighted by Gasteiger charge is 2.39. The molecule has 124 valence electrons. The Morgan fingerprint density at radius 2 is 1.96 bits per heavy atom. The number of nitrogens with zero attached hydrogens (tertiary/aromatic N) is 1. The van der Waals surface area contributed by atoms with Gasteiger partial charge in [0.05, 0.1) is 0 Å². The molecule has 1 saturated heterocycles.